The molecule has 0 amide bonds. The number of anilines is 1. The predicted octanol–water partition coefficient (Wildman–Crippen LogP) is 2.77. The van der Waals surface area contributed by atoms with Crippen molar-refractivity contribution in [3.05, 3.63) is 23.4 Å². The molecule has 92 valence electrons. The van der Waals surface area contributed by atoms with E-state index in [4.69, 9.17) is 11.6 Å². The van der Waals surface area contributed by atoms with E-state index in [0.29, 0.717) is 17.1 Å². The number of hydrogen-bond donors (Lipinski definition) is 1. The number of fused-ring (bicyclic) bond motifs is 1. The van der Waals surface area contributed by atoms with Gasteiger partial charge in [-0.05, 0) is 37.9 Å². The first-order chi connectivity index (χ1) is 8.33. The van der Waals surface area contributed by atoms with Gasteiger partial charge in [0.15, 0.2) is 0 Å². The van der Waals surface area contributed by atoms with Crippen molar-refractivity contribution in [2.45, 2.75) is 37.8 Å². The number of piperidine rings is 1. The second kappa shape index (κ2) is 4.83. The predicted molar refractivity (Wildman–Crippen MR) is 70.5 cm³/mol. The number of aromatic nitrogens is 1. The zero-order valence-electron chi connectivity index (χ0n) is 9.90. The van der Waals surface area contributed by atoms with Crippen LogP contribution in [-0.2, 0) is 0 Å². The van der Waals surface area contributed by atoms with Crippen molar-refractivity contribution in [3.63, 3.8) is 0 Å². The maximum atomic E-state index is 5.84. The van der Waals surface area contributed by atoms with Crippen LogP contribution in [0.4, 0.5) is 5.82 Å². The third-order valence-corrected chi connectivity index (χ3v) is 4.14. The summed E-state index contributed by atoms with van der Waals surface area (Å²) in [5.41, 5.74) is 0. The molecule has 3 nitrogen and oxygen atoms in total. The SMILES string of the molecule is Clc1ccc(NC2CCN3CCCCC23)nc1. The highest BCUT2D eigenvalue weighted by Gasteiger charge is 2.35. The zero-order chi connectivity index (χ0) is 11.7. The monoisotopic (exact) mass is 251 g/mol. The van der Waals surface area contributed by atoms with E-state index in [1.54, 1.807) is 6.20 Å². The normalized spacial score (nSPS) is 29.0. The largest absolute Gasteiger partial charge is 0.366 e. The van der Waals surface area contributed by atoms with Gasteiger partial charge in [-0.2, -0.15) is 0 Å². The van der Waals surface area contributed by atoms with Crippen LogP contribution in [0.3, 0.4) is 0 Å². The minimum atomic E-state index is 0.559. The molecule has 2 aliphatic rings. The van der Waals surface area contributed by atoms with Crippen LogP contribution < -0.4 is 5.32 Å². The Morgan fingerprint density at radius 2 is 2.18 bits per heavy atom. The molecule has 3 rings (SSSR count). The fraction of sp³-hybridized carbons (Fsp3) is 0.615. The molecule has 3 heterocycles. The van der Waals surface area contributed by atoms with E-state index in [-0.39, 0.29) is 0 Å². The van der Waals surface area contributed by atoms with Gasteiger partial charge in [-0.25, -0.2) is 4.98 Å². The van der Waals surface area contributed by atoms with Crippen molar-refractivity contribution in [3.8, 4) is 0 Å². The number of pyridine rings is 1. The summed E-state index contributed by atoms with van der Waals surface area (Å²) < 4.78 is 0. The second-order valence-corrected chi connectivity index (χ2v) is 5.44. The molecule has 2 aliphatic heterocycles. The van der Waals surface area contributed by atoms with Gasteiger partial charge in [0.1, 0.15) is 5.82 Å². The summed E-state index contributed by atoms with van der Waals surface area (Å²) in [6.45, 7) is 2.51. The van der Waals surface area contributed by atoms with Crippen LogP contribution >= 0.6 is 11.6 Å². The van der Waals surface area contributed by atoms with Gasteiger partial charge in [-0.15, -0.1) is 0 Å². The highest BCUT2D eigenvalue weighted by atomic mass is 35.5. The highest BCUT2D eigenvalue weighted by Crippen LogP contribution is 2.29. The molecule has 2 saturated heterocycles. The molecule has 1 aromatic heterocycles. The molecular weight excluding hydrogens is 234 g/mol. The number of hydrogen-bond acceptors (Lipinski definition) is 3. The van der Waals surface area contributed by atoms with E-state index in [1.807, 2.05) is 12.1 Å². The van der Waals surface area contributed by atoms with Crippen LogP contribution in [0.1, 0.15) is 25.7 Å². The van der Waals surface area contributed by atoms with Crippen molar-refractivity contribution in [2.75, 3.05) is 18.4 Å². The zero-order valence-corrected chi connectivity index (χ0v) is 10.7. The summed E-state index contributed by atoms with van der Waals surface area (Å²) in [6.07, 6.45) is 6.99. The molecule has 17 heavy (non-hydrogen) atoms. The second-order valence-electron chi connectivity index (χ2n) is 5.00. The van der Waals surface area contributed by atoms with Crippen molar-refractivity contribution >= 4 is 17.4 Å². The molecule has 0 spiro atoms. The lowest BCUT2D eigenvalue weighted by molar-refractivity contribution is 0.192. The van der Waals surface area contributed by atoms with Crippen molar-refractivity contribution in [2.24, 2.45) is 0 Å². The summed E-state index contributed by atoms with van der Waals surface area (Å²) in [4.78, 5) is 6.94. The highest BCUT2D eigenvalue weighted by molar-refractivity contribution is 6.30. The van der Waals surface area contributed by atoms with Gasteiger partial charge in [0, 0.05) is 24.8 Å². The summed E-state index contributed by atoms with van der Waals surface area (Å²) in [5, 5.41) is 4.25. The van der Waals surface area contributed by atoms with E-state index in [2.05, 4.69) is 15.2 Å². The van der Waals surface area contributed by atoms with Crippen molar-refractivity contribution in [1.82, 2.24) is 9.88 Å². The van der Waals surface area contributed by atoms with Gasteiger partial charge in [0.25, 0.3) is 0 Å². The molecule has 4 heteroatoms. The molecular formula is C13H18ClN3. The van der Waals surface area contributed by atoms with Gasteiger partial charge < -0.3 is 5.32 Å². The Bertz CT molecular complexity index is 379. The first kappa shape index (κ1) is 11.3. The van der Waals surface area contributed by atoms with Crippen LogP contribution in [0, 0.1) is 0 Å². The van der Waals surface area contributed by atoms with Crippen molar-refractivity contribution < 1.29 is 0 Å². The molecule has 2 unspecified atom stereocenters. The van der Waals surface area contributed by atoms with Gasteiger partial charge in [-0.1, -0.05) is 18.0 Å². The Kier molecular flexibility index (Phi) is 3.21. The summed E-state index contributed by atoms with van der Waals surface area (Å²) >= 11 is 5.84. The van der Waals surface area contributed by atoms with Gasteiger partial charge >= 0.3 is 0 Å². The topological polar surface area (TPSA) is 28.2 Å². The maximum absolute atomic E-state index is 5.84. The lowest BCUT2D eigenvalue weighted by Gasteiger charge is -2.32. The average molecular weight is 252 g/mol. The summed E-state index contributed by atoms with van der Waals surface area (Å²) in [5.74, 6) is 0.951. The van der Waals surface area contributed by atoms with Crippen LogP contribution in [0.25, 0.3) is 0 Å². The van der Waals surface area contributed by atoms with Gasteiger partial charge in [0.2, 0.25) is 0 Å². The molecule has 2 atom stereocenters. The Balaban J connectivity index is 1.67. The first-order valence-electron chi connectivity index (χ1n) is 6.45. The van der Waals surface area contributed by atoms with E-state index in [0.717, 1.165) is 5.82 Å². The van der Waals surface area contributed by atoms with Crippen molar-refractivity contribution in [1.29, 1.82) is 0 Å². The summed E-state index contributed by atoms with van der Waals surface area (Å²) in [7, 11) is 0. The quantitative estimate of drug-likeness (QED) is 0.876. The number of nitrogens with one attached hydrogen (secondary N) is 1. The molecule has 0 radical (unpaired) electrons. The molecule has 1 aromatic rings. The van der Waals surface area contributed by atoms with Gasteiger partial charge in [0.05, 0.1) is 5.02 Å². The Labute approximate surface area is 107 Å². The third-order valence-electron chi connectivity index (χ3n) is 3.92. The minimum Gasteiger partial charge on any atom is -0.366 e. The molecule has 2 fully saturated rings. The fourth-order valence-electron chi connectivity index (χ4n) is 3.07. The fourth-order valence-corrected chi connectivity index (χ4v) is 3.18. The third kappa shape index (κ3) is 2.40. The van der Waals surface area contributed by atoms with E-state index >= 15 is 0 Å². The Hall–Kier alpha value is -0.800. The molecule has 1 N–H and O–H groups in total. The average Bonchev–Trinajstić information content (AvgIpc) is 2.76. The van der Waals surface area contributed by atoms with E-state index in [1.165, 1.54) is 38.8 Å². The van der Waals surface area contributed by atoms with Crippen LogP contribution in [0.5, 0.6) is 0 Å². The summed E-state index contributed by atoms with van der Waals surface area (Å²) in [6, 6.07) is 5.13. The lowest BCUT2D eigenvalue weighted by atomic mass is 9.99. The first-order valence-corrected chi connectivity index (χ1v) is 6.83. The standard InChI is InChI=1S/C13H18ClN3/c14-10-4-5-13(15-9-10)16-11-6-8-17-7-2-1-3-12(11)17/h4-5,9,11-12H,1-3,6-8H2,(H,15,16). The van der Waals surface area contributed by atoms with Crippen LogP contribution in [0.2, 0.25) is 5.02 Å². The maximum Gasteiger partial charge on any atom is 0.126 e. The number of nitrogens with zero attached hydrogens (tertiary/aromatic N) is 2. The Morgan fingerprint density at radius 1 is 1.24 bits per heavy atom. The minimum absolute atomic E-state index is 0.559. The van der Waals surface area contributed by atoms with E-state index < -0.39 is 0 Å². The molecule has 0 aliphatic carbocycles. The molecule has 0 aromatic carbocycles. The molecule has 0 saturated carbocycles. The Morgan fingerprint density at radius 3 is 3.00 bits per heavy atom. The smallest absolute Gasteiger partial charge is 0.126 e. The number of halogens is 1. The molecule has 0 bridgehead atoms. The van der Waals surface area contributed by atoms with E-state index in [9.17, 15) is 0 Å². The number of rotatable bonds is 2. The van der Waals surface area contributed by atoms with Gasteiger partial charge in [-0.3, -0.25) is 4.90 Å². The van der Waals surface area contributed by atoms with Crippen LogP contribution in [0.15, 0.2) is 18.3 Å². The lowest BCUT2D eigenvalue weighted by Crippen LogP contribution is -2.41. The van der Waals surface area contributed by atoms with Crippen LogP contribution in [-0.4, -0.2) is 35.1 Å².